The van der Waals surface area contributed by atoms with Gasteiger partial charge >= 0.3 is 0 Å². The van der Waals surface area contributed by atoms with Gasteiger partial charge in [-0.05, 0) is 37.0 Å². The lowest BCUT2D eigenvalue weighted by Gasteiger charge is -2.20. The first-order chi connectivity index (χ1) is 10.6. The van der Waals surface area contributed by atoms with Crippen molar-refractivity contribution in [3.63, 3.8) is 0 Å². The van der Waals surface area contributed by atoms with Crippen molar-refractivity contribution in [2.24, 2.45) is 5.92 Å². The number of amides is 1. The summed E-state index contributed by atoms with van der Waals surface area (Å²) in [6.45, 7) is 6.05. The van der Waals surface area contributed by atoms with Gasteiger partial charge in [0.2, 0.25) is 15.9 Å². The molecule has 0 aliphatic rings. The van der Waals surface area contributed by atoms with Crippen LogP contribution in [0.15, 0.2) is 18.2 Å². The number of sulfonamides is 1. The summed E-state index contributed by atoms with van der Waals surface area (Å²) < 4.78 is 30.1. The number of carbonyl (C=O) groups excluding carboxylic acids is 1. The molecule has 0 radical (unpaired) electrons. The second kappa shape index (κ2) is 8.31. The first-order valence-corrected chi connectivity index (χ1v) is 9.38. The van der Waals surface area contributed by atoms with Crippen LogP contribution in [-0.4, -0.2) is 45.1 Å². The number of hydrogen-bond acceptors (Lipinski definition) is 4. The summed E-state index contributed by atoms with van der Waals surface area (Å²) in [6, 6.07) is 5.42. The molecule has 130 valence electrons. The van der Waals surface area contributed by atoms with Gasteiger partial charge in [0, 0.05) is 6.54 Å². The van der Waals surface area contributed by atoms with Crippen LogP contribution in [-0.2, 0) is 14.8 Å². The lowest BCUT2D eigenvalue weighted by atomic mass is 10.1. The summed E-state index contributed by atoms with van der Waals surface area (Å²) in [7, 11) is -1.91. The topological polar surface area (TPSA) is 75.7 Å². The Morgan fingerprint density at radius 3 is 2.52 bits per heavy atom. The highest BCUT2D eigenvalue weighted by molar-refractivity contribution is 7.88. The molecule has 0 spiro atoms. The maximum atomic E-state index is 12.2. The summed E-state index contributed by atoms with van der Waals surface area (Å²) >= 11 is 0. The van der Waals surface area contributed by atoms with Crippen molar-refractivity contribution in [1.82, 2.24) is 4.31 Å². The van der Waals surface area contributed by atoms with Gasteiger partial charge in [-0.25, -0.2) is 8.42 Å². The monoisotopic (exact) mass is 342 g/mol. The molecule has 0 saturated heterocycles. The van der Waals surface area contributed by atoms with E-state index in [0.29, 0.717) is 30.3 Å². The van der Waals surface area contributed by atoms with E-state index in [-0.39, 0.29) is 12.5 Å². The van der Waals surface area contributed by atoms with Crippen LogP contribution in [0.5, 0.6) is 5.75 Å². The van der Waals surface area contributed by atoms with Crippen molar-refractivity contribution < 1.29 is 17.9 Å². The zero-order chi connectivity index (χ0) is 17.6. The van der Waals surface area contributed by atoms with Gasteiger partial charge in [-0.15, -0.1) is 0 Å². The van der Waals surface area contributed by atoms with Crippen LogP contribution in [0.4, 0.5) is 5.69 Å². The molecule has 1 rings (SSSR count). The van der Waals surface area contributed by atoms with Crippen LogP contribution in [0.3, 0.4) is 0 Å². The maximum absolute atomic E-state index is 12.2. The van der Waals surface area contributed by atoms with E-state index in [1.807, 2.05) is 26.8 Å². The summed E-state index contributed by atoms with van der Waals surface area (Å²) in [5, 5.41) is 2.72. The molecule has 23 heavy (non-hydrogen) atoms. The van der Waals surface area contributed by atoms with E-state index in [0.717, 1.165) is 11.8 Å². The fraction of sp³-hybridized carbons (Fsp3) is 0.562. The number of methoxy groups -OCH3 is 1. The molecule has 0 aliphatic carbocycles. The summed E-state index contributed by atoms with van der Waals surface area (Å²) in [5.41, 5.74) is 1.51. The van der Waals surface area contributed by atoms with E-state index in [4.69, 9.17) is 4.74 Å². The highest BCUT2D eigenvalue weighted by Gasteiger charge is 2.21. The van der Waals surface area contributed by atoms with E-state index in [2.05, 4.69) is 5.32 Å². The molecule has 0 heterocycles. The smallest absolute Gasteiger partial charge is 0.239 e. The van der Waals surface area contributed by atoms with Crippen LogP contribution < -0.4 is 10.1 Å². The van der Waals surface area contributed by atoms with E-state index in [1.54, 1.807) is 12.1 Å². The van der Waals surface area contributed by atoms with Gasteiger partial charge in [-0.3, -0.25) is 4.79 Å². The Kier molecular flexibility index (Phi) is 7.02. The first-order valence-electron chi connectivity index (χ1n) is 7.53. The zero-order valence-electron chi connectivity index (χ0n) is 14.4. The van der Waals surface area contributed by atoms with Crippen molar-refractivity contribution in [2.75, 3.05) is 31.8 Å². The van der Waals surface area contributed by atoms with Crippen molar-refractivity contribution >= 4 is 21.6 Å². The molecule has 0 bridgehead atoms. The Hall–Kier alpha value is -1.60. The normalized spacial score (nSPS) is 11.8. The zero-order valence-corrected chi connectivity index (χ0v) is 15.2. The number of aryl methyl sites for hydroxylation is 1. The third kappa shape index (κ3) is 6.58. The van der Waals surface area contributed by atoms with Gasteiger partial charge in [0.05, 0.1) is 25.6 Å². The van der Waals surface area contributed by atoms with Crippen LogP contribution in [0.2, 0.25) is 0 Å². The predicted octanol–water partition coefficient (Wildman–Crippen LogP) is 2.25. The number of anilines is 1. The fourth-order valence-corrected chi connectivity index (χ4v) is 2.82. The Labute approximate surface area is 138 Å². The largest absolute Gasteiger partial charge is 0.495 e. The van der Waals surface area contributed by atoms with Gasteiger partial charge in [0.1, 0.15) is 5.75 Å². The molecule has 1 aromatic rings. The molecule has 0 saturated carbocycles. The molecular weight excluding hydrogens is 316 g/mol. The quantitative estimate of drug-likeness (QED) is 0.786. The highest BCUT2D eigenvalue weighted by atomic mass is 32.2. The van der Waals surface area contributed by atoms with Gasteiger partial charge in [-0.2, -0.15) is 4.31 Å². The number of ether oxygens (including phenoxy) is 1. The average molecular weight is 342 g/mol. The molecule has 0 unspecified atom stereocenters. The van der Waals surface area contributed by atoms with E-state index in [1.165, 1.54) is 11.4 Å². The minimum Gasteiger partial charge on any atom is -0.495 e. The standard InChI is InChI=1S/C16H26N2O4S/c1-12(2)8-9-18(23(5,20)21)11-16(19)17-14-10-13(3)6-7-15(14)22-4/h6-7,10,12H,8-9,11H2,1-5H3,(H,17,19). The van der Waals surface area contributed by atoms with Crippen molar-refractivity contribution in [2.45, 2.75) is 27.2 Å². The molecule has 1 aromatic carbocycles. The first kappa shape index (κ1) is 19.4. The lowest BCUT2D eigenvalue weighted by Crippen LogP contribution is -2.38. The molecule has 6 nitrogen and oxygen atoms in total. The van der Waals surface area contributed by atoms with Crippen LogP contribution in [0, 0.1) is 12.8 Å². The van der Waals surface area contributed by atoms with E-state index >= 15 is 0 Å². The number of nitrogens with one attached hydrogen (secondary N) is 1. The predicted molar refractivity (Wildman–Crippen MR) is 92.2 cm³/mol. The van der Waals surface area contributed by atoms with Gasteiger partial charge in [0.25, 0.3) is 0 Å². The van der Waals surface area contributed by atoms with Crippen molar-refractivity contribution in [1.29, 1.82) is 0 Å². The molecule has 0 aromatic heterocycles. The van der Waals surface area contributed by atoms with Crippen molar-refractivity contribution in [3.8, 4) is 5.75 Å². The lowest BCUT2D eigenvalue weighted by molar-refractivity contribution is -0.116. The van der Waals surface area contributed by atoms with Gasteiger partial charge < -0.3 is 10.1 Å². The third-order valence-corrected chi connectivity index (χ3v) is 4.62. The van der Waals surface area contributed by atoms with Crippen LogP contribution >= 0.6 is 0 Å². The molecular formula is C16H26N2O4S. The summed E-state index contributed by atoms with van der Waals surface area (Å²) in [5.74, 6) is 0.513. The minimum absolute atomic E-state index is 0.206. The Balaban J connectivity index is 2.82. The molecule has 0 atom stereocenters. The second-order valence-electron chi connectivity index (χ2n) is 6.03. The van der Waals surface area contributed by atoms with Crippen LogP contribution in [0.1, 0.15) is 25.8 Å². The number of carbonyl (C=O) groups is 1. The SMILES string of the molecule is COc1ccc(C)cc1NC(=O)CN(CCC(C)C)S(C)(=O)=O. The number of hydrogen-bond donors (Lipinski definition) is 1. The molecule has 0 fully saturated rings. The Bertz CT molecular complexity index is 641. The Morgan fingerprint density at radius 1 is 1.35 bits per heavy atom. The fourth-order valence-electron chi connectivity index (χ4n) is 2.03. The second-order valence-corrected chi connectivity index (χ2v) is 8.01. The number of benzene rings is 1. The number of rotatable bonds is 8. The third-order valence-electron chi connectivity index (χ3n) is 3.37. The van der Waals surface area contributed by atoms with Crippen molar-refractivity contribution in [3.05, 3.63) is 23.8 Å². The summed E-state index contributed by atoms with van der Waals surface area (Å²) in [4.78, 5) is 12.2. The Morgan fingerprint density at radius 2 is 2.00 bits per heavy atom. The highest BCUT2D eigenvalue weighted by Crippen LogP contribution is 2.25. The summed E-state index contributed by atoms with van der Waals surface area (Å²) in [6.07, 6.45) is 1.82. The molecule has 0 aliphatic heterocycles. The minimum atomic E-state index is -3.43. The van der Waals surface area contributed by atoms with Crippen LogP contribution in [0.25, 0.3) is 0 Å². The van der Waals surface area contributed by atoms with Gasteiger partial charge in [-0.1, -0.05) is 19.9 Å². The average Bonchev–Trinajstić information content (AvgIpc) is 2.42. The maximum Gasteiger partial charge on any atom is 0.239 e. The van der Waals surface area contributed by atoms with E-state index < -0.39 is 10.0 Å². The van der Waals surface area contributed by atoms with E-state index in [9.17, 15) is 13.2 Å². The molecule has 1 N–H and O–H groups in total. The molecule has 1 amide bonds. The van der Waals surface area contributed by atoms with Gasteiger partial charge in [0.15, 0.2) is 0 Å². The number of nitrogens with zero attached hydrogens (tertiary/aromatic N) is 1. The molecule has 7 heteroatoms.